The number of halogens is 3. The largest absolute Gasteiger partial charge is 0.477 e. The average Bonchev–Trinajstić information content (AvgIpc) is 3.14. The molecular formula is C18H16F3N5O2. The van der Waals surface area contributed by atoms with E-state index in [-0.39, 0.29) is 18.2 Å². The molecule has 28 heavy (non-hydrogen) atoms. The maximum atomic E-state index is 13.6. The summed E-state index contributed by atoms with van der Waals surface area (Å²) in [5.41, 5.74) is -1.06. The molecule has 2 aromatic heterocycles. The molecule has 1 aromatic carbocycles. The first kappa shape index (κ1) is 19.3. The molecule has 0 saturated heterocycles. The topological polar surface area (TPSA) is 81.9 Å². The minimum atomic E-state index is -4.82. The number of ether oxygens (including phenoxy) is 1. The van der Waals surface area contributed by atoms with Gasteiger partial charge in [-0.3, -0.25) is 4.79 Å². The highest BCUT2D eigenvalue weighted by molar-refractivity contribution is 5.95. The summed E-state index contributed by atoms with van der Waals surface area (Å²) < 4.78 is 46.6. The molecule has 0 saturated carbocycles. The fourth-order valence-electron chi connectivity index (χ4n) is 2.49. The lowest BCUT2D eigenvalue weighted by molar-refractivity contribution is -0.143. The van der Waals surface area contributed by atoms with Crippen LogP contribution in [0.5, 0.6) is 5.88 Å². The average molecular weight is 391 g/mol. The first-order valence-electron chi connectivity index (χ1n) is 8.34. The van der Waals surface area contributed by atoms with Gasteiger partial charge in [0.05, 0.1) is 18.4 Å². The number of aromatic nitrogens is 4. The number of rotatable bonds is 6. The van der Waals surface area contributed by atoms with Gasteiger partial charge in [0.25, 0.3) is 5.91 Å². The van der Waals surface area contributed by atoms with Gasteiger partial charge in [0, 0.05) is 12.6 Å². The molecule has 7 nitrogen and oxygen atoms in total. The predicted octanol–water partition coefficient (Wildman–Crippen LogP) is 3.01. The highest BCUT2D eigenvalue weighted by atomic mass is 19.4. The van der Waals surface area contributed by atoms with Crippen molar-refractivity contribution < 1.29 is 22.7 Å². The fraction of sp³-hybridized carbons (Fsp3) is 0.222. The Kier molecular flexibility index (Phi) is 5.57. The van der Waals surface area contributed by atoms with Crippen molar-refractivity contribution in [3.63, 3.8) is 0 Å². The van der Waals surface area contributed by atoms with Crippen molar-refractivity contribution in [2.75, 3.05) is 6.61 Å². The van der Waals surface area contributed by atoms with E-state index in [0.29, 0.717) is 11.3 Å². The number of carbonyl (C=O) groups excluding carboxylic acids is 1. The number of benzene rings is 1. The zero-order chi connectivity index (χ0) is 20.1. The Hall–Kier alpha value is -3.43. The molecule has 0 fully saturated rings. The number of hydrogen-bond acceptors (Lipinski definition) is 5. The Bertz CT molecular complexity index is 940. The molecule has 3 aromatic rings. The zero-order valence-electron chi connectivity index (χ0n) is 14.8. The van der Waals surface area contributed by atoms with Crippen molar-refractivity contribution in [2.24, 2.45) is 0 Å². The van der Waals surface area contributed by atoms with E-state index < -0.39 is 23.3 Å². The standard InChI is InChI=1S/C18H16F3N5O2/c1-2-28-15-9-8-14(24-25-15)26-16(18(19,20)21)13(11-23-26)17(27)22-10-12-6-4-3-5-7-12/h3-9,11H,2,10H2,1H3,(H,22,27). The van der Waals surface area contributed by atoms with Crippen molar-refractivity contribution in [1.82, 2.24) is 25.3 Å². The van der Waals surface area contributed by atoms with E-state index in [9.17, 15) is 18.0 Å². The van der Waals surface area contributed by atoms with Gasteiger partial charge in [-0.15, -0.1) is 10.2 Å². The second kappa shape index (κ2) is 8.07. The van der Waals surface area contributed by atoms with Crippen molar-refractivity contribution >= 4 is 5.91 Å². The van der Waals surface area contributed by atoms with Gasteiger partial charge in [0.15, 0.2) is 11.5 Å². The number of hydrogen-bond donors (Lipinski definition) is 1. The van der Waals surface area contributed by atoms with E-state index in [0.717, 1.165) is 11.8 Å². The van der Waals surface area contributed by atoms with Crippen LogP contribution in [0.2, 0.25) is 0 Å². The second-order valence-corrected chi connectivity index (χ2v) is 5.65. The van der Waals surface area contributed by atoms with E-state index in [2.05, 4.69) is 20.6 Å². The summed E-state index contributed by atoms with van der Waals surface area (Å²) in [5.74, 6) is -0.896. The van der Waals surface area contributed by atoms with Crippen LogP contribution in [0, 0.1) is 0 Å². The molecular weight excluding hydrogens is 375 g/mol. The van der Waals surface area contributed by atoms with Crippen LogP contribution in [0.3, 0.4) is 0 Å². The Labute approximate surface area is 158 Å². The first-order chi connectivity index (χ1) is 13.4. The molecule has 3 rings (SSSR count). The van der Waals surface area contributed by atoms with Crippen LogP contribution in [0.25, 0.3) is 5.82 Å². The lowest BCUT2D eigenvalue weighted by Gasteiger charge is -2.12. The van der Waals surface area contributed by atoms with Crippen molar-refractivity contribution in [1.29, 1.82) is 0 Å². The van der Waals surface area contributed by atoms with E-state index in [1.807, 2.05) is 0 Å². The number of nitrogens with zero attached hydrogens (tertiary/aromatic N) is 4. The molecule has 10 heteroatoms. The molecule has 2 heterocycles. The van der Waals surface area contributed by atoms with Crippen LogP contribution in [-0.2, 0) is 12.7 Å². The summed E-state index contributed by atoms with van der Waals surface area (Å²) in [6.45, 7) is 2.17. The number of alkyl halides is 3. The number of nitrogens with one attached hydrogen (secondary N) is 1. The molecule has 0 atom stereocenters. The smallest absolute Gasteiger partial charge is 0.434 e. The van der Waals surface area contributed by atoms with Crippen molar-refractivity contribution in [3.8, 4) is 11.7 Å². The number of amides is 1. The van der Waals surface area contributed by atoms with Crippen LogP contribution in [0.15, 0.2) is 48.7 Å². The molecule has 146 valence electrons. The first-order valence-corrected chi connectivity index (χ1v) is 8.34. The second-order valence-electron chi connectivity index (χ2n) is 5.65. The maximum Gasteiger partial charge on any atom is 0.434 e. The van der Waals surface area contributed by atoms with Crippen molar-refractivity contribution in [2.45, 2.75) is 19.6 Å². The summed E-state index contributed by atoms with van der Waals surface area (Å²) in [6, 6.07) is 11.5. The lowest BCUT2D eigenvalue weighted by Crippen LogP contribution is -2.26. The van der Waals surface area contributed by atoms with Crippen LogP contribution in [0.1, 0.15) is 28.5 Å². The Morgan fingerprint density at radius 2 is 1.89 bits per heavy atom. The van der Waals surface area contributed by atoms with Gasteiger partial charge in [-0.1, -0.05) is 30.3 Å². The van der Waals surface area contributed by atoms with Gasteiger partial charge in [-0.05, 0) is 18.6 Å². The van der Waals surface area contributed by atoms with E-state index >= 15 is 0 Å². The quantitative estimate of drug-likeness (QED) is 0.699. The van der Waals surface area contributed by atoms with Crippen LogP contribution in [-0.4, -0.2) is 32.5 Å². The van der Waals surface area contributed by atoms with Gasteiger partial charge in [0.2, 0.25) is 5.88 Å². The summed E-state index contributed by atoms with van der Waals surface area (Å²) in [4.78, 5) is 12.3. The summed E-state index contributed by atoms with van der Waals surface area (Å²) >= 11 is 0. The minimum absolute atomic E-state index is 0.0883. The Morgan fingerprint density at radius 3 is 2.50 bits per heavy atom. The van der Waals surface area contributed by atoms with Crippen LogP contribution in [0.4, 0.5) is 13.2 Å². The molecule has 0 bridgehead atoms. The lowest BCUT2D eigenvalue weighted by atomic mass is 10.2. The van der Waals surface area contributed by atoms with E-state index in [4.69, 9.17) is 4.74 Å². The Balaban J connectivity index is 1.89. The van der Waals surface area contributed by atoms with Crippen LogP contribution >= 0.6 is 0 Å². The normalized spacial score (nSPS) is 11.3. The molecule has 1 amide bonds. The van der Waals surface area contributed by atoms with Crippen LogP contribution < -0.4 is 10.1 Å². The van der Waals surface area contributed by atoms with Gasteiger partial charge in [-0.25, -0.2) is 4.68 Å². The molecule has 0 aliphatic rings. The molecule has 0 spiro atoms. The molecule has 0 aliphatic heterocycles. The molecule has 0 aliphatic carbocycles. The SMILES string of the molecule is CCOc1ccc(-n2ncc(C(=O)NCc3ccccc3)c2C(F)(F)F)nn1. The summed E-state index contributed by atoms with van der Waals surface area (Å²) in [7, 11) is 0. The van der Waals surface area contributed by atoms with Gasteiger partial charge >= 0.3 is 6.18 Å². The summed E-state index contributed by atoms with van der Waals surface area (Å²) in [5, 5.41) is 13.6. The fourth-order valence-corrected chi connectivity index (χ4v) is 2.49. The highest BCUT2D eigenvalue weighted by Gasteiger charge is 2.41. The Morgan fingerprint density at radius 1 is 1.14 bits per heavy atom. The third kappa shape index (κ3) is 4.27. The van der Waals surface area contributed by atoms with E-state index in [1.54, 1.807) is 37.3 Å². The maximum absolute atomic E-state index is 13.6. The predicted molar refractivity (Wildman–Crippen MR) is 92.9 cm³/mol. The van der Waals surface area contributed by atoms with Gasteiger partial charge in [0.1, 0.15) is 0 Å². The molecule has 0 unspecified atom stereocenters. The highest BCUT2D eigenvalue weighted by Crippen LogP contribution is 2.33. The van der Waals surface area contributed by atoms with E-state index in [1.165, 1.54) is 12.1 Å². The monoisotopic (exact) mass is 391 g/mol. The number of carbonyl (C=O) groups is 1. The summed E-state index contributed by atoms with van der Waals surface area (Å²) in [6.07, 6.45) is -3.96. The third-order valence-corrected chi connectivity index (χ3v) is 3.71. The van der Waals surface area contributed by atoms with Gasteiger partial charge in [-0.2, -0.15) is 18.3 Å². The molecule has 0 radical (unpaired) electrons. The van der Waals surface area contributed by atoms with Gasteiger partial charge < -0.3 is 10.1 Å². The minimum Gasteiger partial charge on any atom is -0.477 e. The third-order valence-electron chi connectivity index (χ3n) is 3.71. The zero-order valence-corrected chi connectivity index (χ0v) is 14.8. The van der Waals surface area contributed by atoms with Crippen molar-refractivity contribution in [3.05, 3.63) is 65.5 Å². The molecule has 1 N–H and O–H groups in total.